The lowest BCUT2D eigenvalue weighted by atomic mass is 10.2. The van der Waals surface area contributed by atoms with Crippen LogP contribution in [0.4, 0.5) is 5.82 Å². The molecule has 1 aromatic rings. The molecule has 0 atom stereocenters. The van der Waals surface area contributed by atoms with E-state index in [-0.39, 0.29) is 0 Å². The molecule has 1 aliphatic carbocycles. The first-order valence-corrected chi connectivity index (χ1v) is 6.56. The molecule has 3 nitrogen and oxygen atoms in total. The van der Waals surface area contributed by atoms with Gasteiger partial charge in [-0.25, -0.2) is 4.98 Å². The maximum atomic E-state index is 4.69. The van der Waals surface area contributed by atoms with Gasteiger partial charge in [0.25, 0.3) is 0 Å². The summed E-state index contributed by atoms with van der Waals surface area (Å²) in [6, 6.07) is 7.02. The van der Waals surface area contributed by atoms with Crippen molar-refractivity contribution in [1.29, 1.82) is 0 Å². The first-order valence-electron chi connectivity index (χ1n) is 6.56. The molecule has 1 fully saturated rings. The first-order chi connectivity index (χ1) is 8.16. The minimum absolute atomic E-state index is 0.687. The second-order valence-electron chi connectivity index (χ2n) is 5.35. The van der Waals surface area contributed by atoms with Gasteiger partial charge < -0.3 is 10.2 Å². The van der Waals surface area contributed by atoms with Crippen LogP contribution in [0.25, 0.3) is 0 Å². The fourth-order valence-electron chi connectivity index (χ4n) is 1.90. The third-order valence-corrected chi connectivity index (χ3v) is 3.11. The van der Waals surface area contributed by atoms with E-state index in [9.17, 15) is 0 Å². The Morgan fingerprint density at radius 2 is 2.18 bits per heavy atom. The van der Waals surface area contributed by atoms with E-state index in [0.29, 0.717) is 5.92 Å². The number of pyridine rings is 1. The molecule has 1 saturated carbocycles. The van der Waals surface area contributed by atoms with Crippen LogP contribution in [0.2, 0.25) is 0 Å². The Balaban J connectivity index is 1.91. The van der Waals surface area contributed by atoms with E-state index in [1.807, 2.05) is 0 Å². The largest absolute Gasteiger partial charge is 0.357 e. The average molecular weight is 233 g/mol. The Hall–Kier alpha value is -1.09. The fourth-order valence-corrected chi connectivity index (χ4v) is 1.90. The predicted octanol–water partition coefficient (Wildman–Crippen LogP) is 2.43. The number of aromatic nitrogens is 1. The van der Waals surface area contributed by atoms with Gasteiger partial charge in [0.15, 0.2) is 0 Å². The zero-order valence-corrected chi connectivity index (χ0v) is 11.1. The van der Waals surface area contributed by atoms with Crippen molar-refractivity contribution in [3.8, 4) is 0 Å². The third-order valence-electron chi connectivity index (χ3n) is 3.11. The monoisotopic (exact) mass is 233 g/mol. The molecular formula is C14H23N3. The summed E-state index contributed by atoms with van der Waals surface area (Å²) in [5, 5.41) is 3.43. The number of nitrogens with one attached hydrogen (secondary N) is 1. The summed E-state index contributed by atoms with van der Waals surface area (Å²) in [5.74, 6) is 1.80. The van der Waals surface area contributed by atoms with Crippen LogP contribution in [-0.2, 0) is 6.54 Å². The van der Waals surface area contributed by atoms with Crippen LogP contribution < -0.4 is 10.2 Å². The van der Waals surface area contributed by atoms with Gasteiger partial charge in [-0.3, -0.25) is 0 Å². The summed E-state index contributed by atoms with van der Waals surface area (Å²) in [6.07, 6.45) is 2.63. The molecule has 0 spiro atoms. The van der Waals surface area contributed by atoms with Gasteiger partial charge in [0, 0.05) is 19.6 Å². The lowest BCUT2D eigenvalue weighted by molar-refractivity contribution is 0.548. The summed E-state index contributed by atoms with van der Waals surface area (Å²) < 4.78 is 0. The number of rotatable bonds is 6. The second-order valence-corrected chi connectivity index (χ2v) is 5.35. The van der Waals surface area contributed by atoms with Gasteiger partial charge in [0.1, 0.15) is 5.82 Å². The molecule has 0 amide bonds. The van der Waals surface area contributed by atoms with Crippen molar-refractivity contribution in [2.45, 2.75) is 39.3 Å². The molecule has 0 radical (unpaired) electrons. The fraction of sp³-hybridized carbons (Fsp3) is 0.643. The number of anilines is 1. The van der Waals surface area contributed by atoms with E-state index in [1.54, 1.807) is 0 Å². The van der Waals surface area contributed by atoms with Crippen LogP contribution in [-0.4, -0.2) is 24.6 Å². The smallest absolute Gasteiger partial charge is 0.128 e. The standard InChI is InChI=1S/C14H23N3/c1-11(2)9-15-10-12-5-4-6-14(16-12)17(3)13-7-8-13/h4-6,11,13,15H,7-10H2,1-3H3. The van der Waals surface area contributed by atoms with E-state index in [0.717, 1.165) is 30.6 Å². The van der Waals surface area contributed by atoms with Crippen molar-refractivity contribution in [3.63, 3.8) is 0 Å². The van der Waals surface area contributed by atoms with E-state index in [2.05, 4.69) is 49.3 Å². The van der Waals surface area contributed by atoms with Crippen molar-refractivity contribution in [2.24, 2.45) is 5.92 Å². The maximum absolute atomic E-state index is 4.69. The van der Waals surface area contributed by atoms with Gasteiger partial charge in [-0.2, -0.15) is 0 Å². The quantitative estimate of drug-likeness (QED) is 0.818. The molecular weight excluding hydrogens is 210 g/mol. The highest BCUT2D eigenvalue weighted by molar-refractivity contribution is 5.41. The second kappa shape index (κ2) is 5.50. The van der Waals surface area contributed by atoms with Crippen molar-refractivity contribution in [2.75, 3.05) is 18.5 Å². The summed E-state index contributed by atoms with van der Waals surface area (Å²) >= 11 is 0. The van der Waals surface area contributed by atoms with Crippen molar-refractivity contribution >= 4 is 5.82 Å². The lowest BCUT2D eigenvalue weighted by Gasteiger charge is -2.18. The summed E-state index contributed by atoms with van der Waals surface area (Å²) in [4.78, 5) is 6.99. The van der Waals surface area contributed by atoms with Gasteiger partial charge >= 0.3 is 0 Å². The lowest BCUT2D eigenvalue weighted by Crippen LogP contribution is -2.23. The molecule has 1 N–H and O–H groups in total. The van der Waals surface area contributed by atoms with Crippen molar-refractivity contribution < 1.29 is 0 Å². The van der Waals surface area contributed by atoms with Gasteiger partial charge in [0.05, 0.1) is 5.69 Å². The minimum Gasteiger partial charge on any atom is -0.357 e. The van der Waals surface area contributed by atoms with Gasteiger partial charge in [-0.05, 0) is 37.4 Å². The Kier molecular flexibility index (Phi) is 4.00. The normalized spacial score (nSPS) is 15.3. The molecule has 94 valence electrons. The van der Waals surface area contributed by atoms with Crippen LogP contribution in [0, 0.1) is 5.92 Å². The predicted molar refractivity (Wildman–Crippen MR) is 72.2 cm³/mol. The summed E-state index contributed by atoms with van der Waals surface area (Å²) in [5.41, 5.74) is 1.13. The SMILES string of the molecule is CC(C)CNCc1cccc(N(C)C2CC2)n1. The van der Waals surface area contributed by atoms with E-state index in [4.69, 9.17) is 4.98 Å². The highest BCUT2D eigenvalue weighted by Gasteiger charge is 2.26. The Labute approximate surface area is 104 Å². The average Bonchev–Trinajstić information content (AvgIpc) is 3.12. The van der Waals surface area contributed by atoms with Crippen LogP contribution in [0.3, 0.4) is 0 Å². The van der Waals surface area contributed by atoms with Gasteiger partial charge in [-0.1, -0.05) is 19.9 Å². The van der Waals surface area contributed by atoms with Crippen molar-refractivity contribution in [1.82, 2.24) is 10.3 Å². The van der Waals surface area contributed by atoms with Gasteiger partial charge in [-0.15, -0.1) is 0 Å². The molecule has 0 saturated heterocycles. The third kappa shape index (κ3) is 3.70. The van der Waals surface area contributed by atoms with Crippen molar-refractivity contribution in [3.05, 3.63) is 23.9 Å². The molecule has 1 heterocycles. The minimum atomic E-state index is 0.687. The topological polar surface area (TPSA) is 28.2 Å². The van der Waals surface area contributed by atoms with Crippen LogP contribution in [0.1, 0.15) is 32.4 Å². The molecule has 0 aromatic carbocycles. The number of nitrogens with zero attached hydrogens (tertiary/aromatic N) is 2. The molecule has 17 heavy (non-hydrogen) atoms. The zero-order chi connectivity index (χ0) is 12.3. The first kappa shape index (κ1) is 12.4. The Morgan fingerprint density at radius 1 is 1.41 bits per heavy atom. The molecule has 0 aliphatic heterocycles. The molecule has 1 aliphatic rings. The van der Waals surface area contributed by atoms with Crippen LogP contribution >= 0.6 is 0 Å². The molecule has 3 heteroatoms. The Morgan fingerprint density at radius 3 is 2.82 bits per heavy atom. The number of hydrogen-bond donors (Lipinski definition) is 1. The van der Waals surface area contributed by atoms with E-state index < -0.39 is 0 Å². The zero-order valence-electron chi connectivity index (χ0n) is 11.1. The molecule has 1 aromatic heterocycles. The highest BCUT2D eigenvalue weighted by Crippen LogP contribution is 2.28. The van der Waals surface area contributed by atoms with Crippen LogP contribution in [0.15, 0.2) is 18.2 Å². The van der Waals surface area contributed by atoms with E-state index >= 15 is 0 Å². The van der Waals surface area contributed by atoms with Gasteiger partial charge in [0.2, 0.25) is 0 Å². The molecule has 0 unspecified atom stereocenters. The summed E-state index contributed by atoms with van der Waals surface area (Å²) in [7, 11) is 2.14. The highest BCUT2D eigenvalue weighted by atomic mass is 15.2. The number of hydrogen-bond acceptors (Lipinski definition) is 3. The van der Waals surface area contributed by atoms with Crippen LogP contribution in [0.5, 0.6) is 0 Å². The Bertz CT molecular complexity index is 358. The molecule has 0 bridgehead atoms. The molecule has 2 rings (SSSR count). The maximum Gasteiger partial charge on any atom is 0.128 e. The van der Waals surface area contributed by atoms with E-state index in [1.165, 1.54) is 12.8 Å². The summed E-state index contributed by atoms with van der Waals surface area (Å²) in [6.45, 7) is 6.35.